The van der Waals surface area contributed by atoms with E-state index in [4.69, 9.17) is 12.3 Å². The molecule has 192 valence electrons. The predicted octanol–water partition coefficient (Wildman–Crippen LogP) is 6.45. The fourth-order valence-corrected chi connectivity index (χ4v) is 18.7. The maximum atomic E-state index is 12.7. The van der Waals surface area contributed by atoms with Crippen LogP contribution in [-0.4, -0.2) is 56.6 Å². The molecule has 10 heteroatoms. The third kappa shape index (κ3) is 7.08. The highest BCUT2D eigenvalue weighted by molar-refractivity contribution is 6.92. The van der Waals surface area contributed by atoms with Crippen molar-refractivity contribution >= 4 is 45.6 Å². The molecule has 1 aliphatic rings. The molecule has 0 saturated carbocycles. The van der Waals surface area contributed by atoms with Gasteiger partial charge in [-0.05, 0) is 54.4 Å². The van der Waals surface area contributed by atoms with Crippen LogP contribution in [0.4, 0.5) is 0 Å². The van der Waals surface area contributed by atoms with E-state index in [0.29, 0.717) is 0 Å². The minimum absolute atomic E-state index is 0.0587. The van der Waals surface area contributed by atoms with E-state index in [1.54, 1.807) is 0 Å². The summed E-state index contributed by atoms with van der Waals surface area (Å²) in [6, 6.07) is 0. The molecule has 6 nitrogen and oxygen atoms in total. The number of hydrogen-bond acceptors (Lipinski definition) is 5. The molecule has 0 unspecified atom stereocenters. The molecule has 2 amide bonds. The average Bonchev–Trinajstić information content (AvgIpc) is 2.81. The van der Waals surface area contributed by atoms with Crippen LogP contribution in [0.2, 0.25) is 54.4 Å². The number of amides is 2. The van der Waals surface area contributed by atoms with Crippen molar-refractivity contribution in [3.8, 4) is 0 Å². The minimum atomic E-state index is -3.55. The van der Waals surface area contributed by atoms with E-state index in [0.717, 1.165) is 0 Å². The first-order chi connectivity index (χ1) is 14.3. The molecule has 0 aliphatic carbocycles. The van der Waals surface area contributed by atoms with E-state index in [1.807, 2.05) is 0 Å². The molecule has 0 spiro atoms. The lowest BCUT2D eigenvalue weighted by atomic mass is 10.2. The highest BCUT2D eigenvalue weighted by Gasteiger charge is 2.60. The highest BCUT2D eigenvalue weighted by Crippen LogP contribution is 2.46. The van der Waals surface area contributed by atoms with Crippen molar-refractivity contribution in [2.75, 3.05) is 6.17 Å². The molecule has 0 atom stereocenters. The Bertz CT molecular complexity index is 699. The predicted molar refractivity (Wildman–Crippen MR) is 146 cm³/mol. The maximum Gasteiger partial charge on any atom is 0.490 e. The Morgan fingerprint density at radius 1 is 0.606 bits per heavy atom. The maximum absolute atomic E-state index is 12.7. The summed E-state index contributed by atoms with van der Waals surface area (Å²) in [7, 11) is -10.7. The van der Waals surface area contributed by atoms with Gasteiger partial charge in [0.15, 0.2) is 25.0 Å². The van der Waals surface area contributed by atoms with E-state index < -0.39 is 33.8 Å². The van der Waals surface area contributed by atoms with Gasteiger partial charge in [-0.3, -0.25) is 14.5 Å². The summed E-state index contributed by atoms with van der Waals surface area (Å²) >= 11 is 0. The first-order valence-corrected chi connectivity index (χ1v) is 22.6. The number of rotatable bonds is 8. The Kier molecular flexibility index (Phi) is 8.60. The second-order valence-electron chi connectivity index (χ2n) is 13.9. The fraction of sp³-hybridized carbons (Fsp3) is 0.826. The third-order valence-corrected chi connectivity index (χ3v) is 29.3. The van der Waals surface area contributed by atoms with Gasteiger partial charge in [-0.1, -0.05) is 62.3 Å². The van der Waals surface area contributed by atoms with Gasteiger partial charge in [-0.25, -0.2) is 0 Å². The molecular formula is C23H49NO5Si4. The number of nitrogens with zero attached hydrogens (tertiary/aromatic N) is 1. The quantitative estimate of drug-likeness (QED) is 0.266. The van der Waals surface area contributed by atoms with Crippen molar-refractivity contribution in [1.82, 2.24) is 4.90 Å². The van der Waals surface area contributed by atoms with Crippen LogP contribution >= 0.6 is 0 Å². The van der Waals surface area contributed by atoms with Crippen molar-refractivity contribution < 1.29 is 21.9 Å². The molecule has 0 fully saturated rings. The van der Waals surface area contributed by atoms with Gasteiger partial charge in [-0.15, -0.1) is 0 Å². The second-order valence-corrected chi connectivity index (χ2v) is 31.6. The summed E-state index contributed by atoms with van der Waals surface area (Å²) in [5.41, 5.74) is 0. The van der Waals surface area contributed by atoms with E-state index >= 15 is 0 Å². The molecule has 0 aromatic carbocycles. The Morgan fingerprint density at radius 3 is 1.06 bits per heavy atom. The number of imide groups is 1. The van der Waals surface area contributed by atoms with Gasteiger partial charge < -0.3 is 12.3 Å². The van der Waals surface area contributed by atoms with Gasteiger partial charge >= 0.3 is 8.80 Å². The summed E-state index contributed by atoms with van der Waals surface area (Å²) in [4.78, 5) is 26.6. The van der Waals surface area contributed by atoms with Crippen molar-refractivity contribution in [3.05, 3.63) is 12.2 Å². The molecule has 0 N–H and O–H groups in total. The van der Waals surface area contributed by atoms with Crippen molar-refractivity contribution in [3.63, 3.8) is 0 Å². The number of carbonyl (C=O) groups excluding carboxylic acids is 2. The molecular weight excluding hydrogens is 483 g/mol. The molecule has 33 heavy (non-hydrogen) atoms. The average molecular weight is 532 g/mol. The van der Waals surface area contributed by atoms with Crippen LogP contribution in [0.1, 0.15) is 62.3 Å². The zero-order chi connectivity index (χ0) is 26.5. The van der Waals surface area contributed by atoms with Crippen LogP contribution in [0.5, 0.6) is 0 Å². The van der Waals surface area contributed by atoms with Crippen LogP contribution in [0, 0.1) is 0 Å². The third-order valence-electron chi connectivity index (χ3n) is 7.90. The molecule has 0 aromatic heterocycles. The summed E-state index contributed by atoms with van der Waals surface area (Å²) in [6.07, 6.45) is 2.71. The smallest absolute Gasteiger partial charge is 0.415 e. The molecule has 1 heterocycles. The normalized spacial score (nSPS) is 17.4. The molecule has 0 saturated heterocycles. The van der Waals surface area contributed by atoms with E-state index in [-0.39, 0.29) is 33.1 Å². The van der Waals surface area contributed by atoms with Gasteiger partial charge in [0.1, 0.15) is 0 Å². The molecule has 1 aliphatic heterocycles. The lowest BCUT2D eigenvalue weighted by Gasteiger charge is -2.52. The van der Waals surface area contributed by atoms with Crippen LogP contribution in [0.15, 0.2) is 12.2 Å². The van der Waals surface area contributed by atoms with Crippen molar-refractivity contribution in [1.29, 1.82) is 0 Å². The summed E-state index contributed by atoms with van der Waals surface area (Å²) in [6.45, 7) is 32.8. The zero-order valence-electron chi connectivity index (χ0n) is 23.9. The van der Waals surface area contributed by atoms with E-state index in [2.05, 4.69) is 102 Å². The lowest BCUT2D eigenvalue weighted by Crippen LogP contribution is -2.70. The first kappa shape index (κ1) is 30.7. The lowest BCUT2D eigenvalue weighted by molar-refractivity contribution is -0.136. The number of carbonyl (C=O) groups is 2. The van der Waals surface area contributed by atoms with Gasteiger partial charge in [0, 0.05) is 12.2 Å². The molecule has 0 bridgehead atoms. The van der Waals surface area contributed by atoms with Crippen LogP contribution in [0.25, 0.3) is 0 Å². The van der Waals surface area contributed by atoms with E-state index in [1.165, 1.54) is 17.1 Å². The number of hydrogen-bond donors (Lipinski definition) is 0. The van der Waals surface area contributed by atoms with Crippen LogP contribution in [-0.2, 0) is 21.9 Å². The monoisotopic (exact) mass is 531 g/mol. The van der Waals surface area contributed by atoms with Crippen molar-refractivity contribution in [2.45, 2.75) is 117 Å². The van der Waals surface area contributed by atoms with Crippen LogP contribution < -0.4 is 0 Å². The highest BCUT2D eigenvalue weighted by atomic mass is 28.5. The van der Waals surface area contributed by atoms with Gasteiger partial charge in [0.25, 0.3) is 11.8 Å². The molecule has 0 radical (unpaired) electrons. The van der Waals surface area contributed by atoms with Gasteiger partial charge in [-0.2, -0.15) is 0 Å². The fourth-order valence-electron chi connectivity index (χ4n) is 2.57. The first-order valence-electron chi connectivity index (χ1n) is 11.9. The van der Waals surface area contributed by atoms with Crippen LogP contribution in [0.3, 0.4) is 0 Å². The Balaban J connectivity index is 3.77. The summed E-state index contributed by atoms with van der Waals surface area (Å²) in [5.74, 6) is -0.651. The zero-order valence-corrected chi connectivity index (χ0v) is 27.9. The largest absolute Gasteiger partial charge is 0.490 e. The Hall–Kier alpha value is -0.372. The SMILES string of the molecule is CC(C)(C)[Si](C)(C)O[Si](CN1C(=O)C=CC1=O)(O[Si](C)(C)C(C)(C)C)O[Si](C)(C)C(C)(C)C. The second kappa shape index (κ2) is 9.25. The molecule has 1 rings (SSSR count). The summed E-state index contributed by atoms with van der Waals surface area (Å²) < 4.78 is 21.4. The van der Waals surface area contributed by atoms with Crippen molar-refractivity contribution in [2.24, 2.45) is 0 Å². The van der Waals surface area contributed by atoms with Gasteiger partial charge in [0.05, 0.1) is 6.17 Å². The molecule has 0 aromatic rings. The Labute approximate surface area is 207 Å². The standard InChI is InChI=1S/C23H49NO5Si4/c1-21(2,3)30(10,11)27-33(28-31(12,13)22(4,5)6,29-32(14,15)23(7,8)9)18-24-19(25)16-17-20(24)26/h16-17H,18H2,1-15H3. The minimum Gasteiger partial charge on any atom is -0.415 e. The summed E-state index contributed by atoms with van der Waals surface area (Å²) in [5, 5.41) is -0.262. The van der Waals surface area contributed by atoms with E-state index in [9.17, 15) is 9.59 Å². The van der Waals surface area contributed by atoms with Gasteiger partial charge in [0.2, 0.25) is 0 Å². The Morgan fingerprint density at radius 2 is 0.848 bits per heavy atom. The topological polar surface area (TPSA) is 65.1 Å².